The average molecular weight is 353 g/mol. The Balaban J connectivity index is 1.53. The van der Waals surface area contributed by atoms with E-state index in [2.05, 4.69) is 21.3 Å². The van der Waals surface area contributed by atoms with Crippen molar-refractivity contribution in [2.45, 2.75) is 19.3 Å². The maximum atomic E-state index is 12.6. The highest BCUT2D eigenvalue weighted by Crippen LogP contribution is 2.29. The second kappa shape index (κ2) is 7.11. The Bertz CT molecular complexity index is 851. The number of anilines is 2. The standard InChI is InChI=1S/C19H19N3O2S/c23-18(15-13-25-19(21-15)17-9-6-12-24-17)20-14-7-2-3-8-16(14)22-10-4-1-5-11-22/h2-3,6-9,12-13H,1,4-5,10-11H2,(H,20,23). The predicted molar refractivity (Wildman–Crippen MR) is 100 cm³/mol. The van der Waals surface area contributed by atoms with Crippen molar-refractivity contribution in [3.05, 3.63) is 53.7 Å². The third kappa shape index (κ3) is 3.44. The lowest BCUT2D eigenvalue weighted by Gasteiger charge is -2.30. The van der Waals surface area contributed by atoms with E-state index in [4.69, 9.17) is 4.42 Å². The maximum Gasteiger partial charge on any atom is 0.275 e. The summed E-state index contributed by atoms with van der Waals surface area (Å²) >= 11 is 1.40. The largest absolute Gasteiger partial charge is 0.462 e. The molecule has 0 bridgehead atoms. The van der Waals surface area contributed by atoms with Crippen LogP contribution in [0.5, 0.6) is 0 Å². The van der Waals surface area contributed by atoms with Crippen LogP contribution in [0.25, 0.3) is 10.8 Å². The van der Waals surface area contributed by atoms with E-state index in [1.807, 2.05) is 30.3 Å². The van der Waals surface area contributed by atoms with Gasteiger partial charge in [0.15, 0.2) is 10.8 Å². The molecule has 3 heterocycles. The Morgan fingerprint density at radius 3 is 2.76 bits per heavy atom. The average Bonchev–Trinajstić information content (AvgIpc) is 3.34. The molecule has 0 spiro atoms. The Labute approximate surface area is 150 Å². The number of piperidine rings is 1. The van der Waals surface area contributed by atoms with Crippen LogP contribution in [-0.2, 0) is 0 Å². The molecule has 1 aliphatic heterocycles. The Hall–Kier alpha value is -2.60. The normalized spacial score (nSPS) is 14.5. The van der Waals surface area contributed by atoms with Gasteiger partial charge in [-0.25, -0.2) is 4.98 Å². The van der Waals surface area contributed by atoms with Crippen LogP contribution >= 0.6 is 11.3 Å². The van der Waals surface area contributed by atoms with Gasteiger partial charge in [0, 0.05) is 18.5 Å². The van der Waals surface area contributed by atoms with Crippen LogP contribution in [0.3, 0.4) is 0 Å². The first-order valence-corrected chi connectivity index (χ1v) is 9.34. The summed E-state index contributed by atoms with van der Waals surface area (Å²) in [6.07, 6.45) is 5.27. The molecule has 1 amide bonds. The SMILES string of the molecule is O=C(Nc1ccccc1N1CCCCC1)c1csc(-c2ccco2)n1. The molecule has 0 saturated carbocycles. The Kier molecular flexibility index (Phi) is 4.52. The van der Waals surface area contributed by atoms with Gasteiger partial charge in [-0.15, -0.1) is 11.3 Å². The van der Waals surface area contributed by atoms with Crippen LogP contribution in [0.4, 0.5) is 11.4 Å². The van der Waals surface area contributed by atoms with Crippen molar-refractivity contribution in [2.75, 3.05) is 23.3 Å². The van der Waals surface area contributed by atoms with Gasteiger partial charge in [-0.1, -0.05) is 12.1 Å². The number of amides is 1. The summed E-state index contributed by atoms with van der Waals surface area (Å²) < 4.78 is 5.34. The number of thiazole rings is 1. The van der Waals surface area contributed by atoms with Crippen molar-refractivity contribution in [3.8, 4) is 10.8 Å². The number of carbonyl (C=O) groups is 1. The topological polar surface area (TPSA) is 58.4 Å². The quantitative estimate of drug-likeness (QED) is 0.742. The number of nitrogens with one attached hydrogen (secondary N) is 1. The summed E-state index contributed by atoms with van der Waals surface area (Å²) in [5, 5.41) is 5.48. The van der Waals surface area contributed by atoms with Gasteiger partial charge in [0.1, 0.15) is 5.69 Å². The van der Waals surface area contributed by atoms with Crippen LogP contribution in [0, 0.1) is 0 Å². The molecule has 4 rings (SSSR count). The summed E-state index contributed by atoms with van der Waals surface area (Å²) in [6, 6.07) is 11.6. The first kappa shape index (κ1) is 15.9. The van der Waals surface area contributed by atoms with Gasteiger partial charge < -0.3 is 14.6 Å². The van der Waals surface area contributed by atoms with Crippen LogP contribution in [0.2, 0.25) is 0 Å². The van der Waals surface area contributed by atoms with Gasteiger partial charge in [0.05, 0.1) is 17.6 Å². The van der Waals surface area contributed by atoms with Crippen LogP contribution in [-0.4, -0.2) is 24.0 Å². The number of nitrogens with zero attached hydrogens (tertiary/aromatic N) is 2. The fourth-order valence-electron chi connectivity index (χ4n) is 3.07. The number of rotatable bonds is 4. The molecule has 1 N–H and O–H groups in total. The molecule has 3 aromatic rings. The molecule has 2 aromatic heterocycles. The summed E-state index contributed by atoms with van der Waals surface area (Å²) in [5.41, 5.74) is 2.32. The van der Waals surface area contributed by atoms with E-state index in [0.717, 1.165) is 24.5 Å². The fraction of sp³-hybridized carbons (Fsp3) is 0.263. The van der Waals surface area contributed by atoms with Crippen molar-refractivity contribution < 1.29 is 9.21 Å². The van der Waals surface area contributed by atoms with Crippen molar-refractivity contribution >= 4 is 28.6 Å². The molecule has 0 aliphatic carbocycles. The minimum Gasteiger partial charge on any atom is -0.462 e. The van der Waals surface area contributed by atoms with E-state index in [-0.39, 0.29) is 5.91 Å². The van der Waals surface area contributed by atoms with Gasteiger partial charge in [-0.05, 0) is 43.5 Å². The Morgan fingerprint density at radius 1 is 1.12 bits per heavy atom. The summed E-state index contributed by atoms with van der Waals surface area (Å²) in [4.78, 5) is 19.3. The molecule has 6 heteroatoms. The zero-order valence-electron chi connectivity index (χ0n) is 13.8. The molecular weight excluding hydrogens is 334 g/mol. The van der Waals surface area contributed by atoms with E-state index in [0.29, 0.717) is 16.5 Å². The number of benzene rings is 1. The molecule has 1 aliphatic rings. The number of aromatic nitrogens is 1. The molecule has 0 radical (unpaired) electrons. The van der Waals surface area contributed by atoms with Gasteiger partial charge in [0.2, 0.25) is 0 Å². The Morgan fingerprint density at radius 2 is 1.96 bits per heavy atom. The highest BCUT2D eigenvalue weighted by atomic mass is 32.1. The van der Waals surface area contributed by atoms with Gasteiger partial charge >= 0.3 is 0 Å². The van der Waals surface area contributed by atoms with E-state index >= 15 is 0 Å². The van der Waals surface area contributed by atoms with E-state index in [1.165, 1.54) is 30.6 Å². The molecular formula is C19H19N3O2S. The third-order valence-electron chi connectivity index (χ3n) is 4.32. The molecule has 128 valence electrons. The van der Waals surface area contributed by atoms with Crippen LogP contribution < -0.4 is 10.2 Å². The molecule has 25 heavy (non-hydrogen) atoms. The number of carbonyl (C=O) groups excluding carboxylic acids is 1. The van der Waals surface area contributed by atoms with Gasteiger partial charge in [-0.3, -0.25) is 4.79 Å². The predicted octanol–water partition coefficient (Wildman–Crippen LogP) is 4.65. The van der Waals surface area contributed by atoms with Crippen molar-refractivity contribution in [3.63, 3.8) is 0 Å². The maximum absolute atomic E-state index is 12.6. The van der Waals surface area contributed by atoms with Crippen molar-refractivity contribution in [1.29, 1.82) is 0 Å². The second-order valence-electron chi connectivity index (χ2n) is 6.03. The monoisotopic (exact) mass is 353 g/mol. The zero-order valence-corrected chi connectivity index (χ0v) is 14.6. The number of para-hydroxylation sites is 2. The number of furan rings is 1. The van der Waals surface area contributed by atoms with Crippen LogP contribution in [0.15, 0.2) is 52.5 Å². The van der Waals surface area contributed by atoms with Crippen molar-refractivity contribution in [1.82, 2.24) is 4.98 Å². The smallest absolute Gasteiger partial charge is 0.275 e. The van der Waals surface area contributed by atoms with E-state index in [9.17, 15) is 4.79 Å². The fourth-order valence-corrected chi connectivity index (χ4v) is 3.83. The first-order chi connectivity index (χ1) is 12.3. The minimum atomic E-state index is -0.196. The first-order valence-electron chi connectivity index (χ1n) is 8.46. The lowest BCUT2D eigenvalue weighted by atomic mass is 10.1. The summed E-state index contributed by atoms with van der Waals surface area (Å²) in [6.45, 7) is 2.07. The third-order valence-corrected chi connectivity index (χ3v) is 5.17. The lowest BCUT2D eigenvalue weighted by Crippen LogP contribution is -2.30. The molecule has 1 saturated heterocycles. The molecule has 0 unspecified atom stereocenters. The molecule has 0 atom stereocenters. The van der Waals surface area contributed by atoms with Crippen LogP contribution in [0.1, 0.15) is 29.8 Å². The van der Waals surface area contributed by atoms with Gasteiger partial charge in [-0.2, -0.15) is 0 Å². The highest BCUT2D eigenvalue weighted by molar-refractivity contribution is 7.13. The highest BCUT2D eigenvalue weighted by Gasteiger charge is 2.18. The van der Waals surface area contributed by atoms with E-state index in [1.54, 1.807) is 11.6 Å². The molecule has 1 fully saturated rings. The minimum absolute atomic E-state index is 0.196. The lowest BCUT2D eigenvalue weighted by molar-refractivity contribution is 0.102. The summed E-state index contributed by atoms with van der Waals surface area (Å²) in [5.74, 6) is 0.483. The molecule has 1 aromatic carbocycles. The van der Waals surface area contributed by atoms with Gasteiger partial charge in [0.25, 0.3) is 5.91 Å². The number of hydrogen-bond acceptors (Lipinski definition) is 5. The number of hydrogen-bond donors (Lipinski definition) is 1. The molecule has 5 nitrogen and oxygen atoms in total. The van der Waals surface area contributed by atoms with E-state index < -0.39 is 0 Å². The second-order valence-corrected chi connectivity index (χ2v) is 6.89. The summed E-state index contributed by atoms with van der Waals surface area (Å²) in [7, 11) is 0. The zero-order chi connectivity index (χ0) is 17.1. The van der Waals surface area contributed by atoms with Crippen molar-refractivity contribution in [2.24, 2.45) is 0 Å².